The molecule has 2 rings (SSSR count). The molecule has 1 aromatic rings. The molecular weight excluding hydrogens is 259 g/mol. The predicted molar refractivity (Wildman–Crippen MR) is 67.0 cm³/mol. The molecule has 0 N–H and O–H groups in total. The third-order valence-corrected chi connectivity index (χ3v) is 2.62. The molecule has 0 spiro atoms. The second kappa shape index (κ2) is 6.86. The average molecular weight is 272 g/mol. The summed E-state index contributed by atoms with van der Waals surface area (Å²) in [4.78, 5) is 0. The highest BCUT2D eigenvalue weighted by molar-refractivity contribution is 9.08. The summed E-state index contributed by atoms with van der Waals surface area (Å²) >= 11 is 8.99. The minimum absolute atomic E-state index is 0.791. The molecule has 0 aromatic heterocycles. The Hall–Kier alpha value is -0.530. The van der Waals surface area contributed by atoms with E-state index in [0.29, 0.717) is 0 Å². The summed E-state index contributed by atoms with van der Waals surface area (Å²) in [5.74, 6) is 0. The highest BCUT2D eigenvalue weighted by atomic mass is 79.9. The third-order valence-electron chi connectivity index (χ3n) is 1.72. The highest BCUT2D eigenvalue weighted by Gasteiger charge is 1.87. The molecule has 0 aliphatic heterocycles. The SMILES string of the molecule is C1=CCC=C1.Clc1ccc(CBr)cc1. The summed E-state index contributed by atoms with van der Waals surface area (Å²) in [7, 11) is 0. The Kier molecular flexibility index (Phi) is 5.65. The number of alkyl halides is 1. The van der Waals surface area contributed by atoms with Crippen LogP contribution in [-0.4, -0.2) is 0 Å². The maximum absolute atomic E-state index is 5.65. The summed E-state index contributed by atoms with van der Waals surface area (Å²) in [5, 5.41) is 1.68. The van der Waals surface area contributed by atoms with Crippen molar-refractivity contribution in [3.05, 3.63) is 59.2 Å². The van der Waals surface area contributed by atoms with Gasteiger partial charge in [0, 0.05) is 10.4 Å². The summed E-state index contributed by atoms with van der Waals surface area (Å²) in [6, 6.07) is 7.77. The van der Waals surface area contributed by atoms with Crippen LogP contribution in [0.25, 0.3) is 0 Å². The van der Waals surface area contributed by atoms with Gasteiger partial charge in [0.05, 0.1) is 0 Å². The number of allylic oxidation sites excluding steroid dienone is 4. The van der Waals surface area contributed by atoms with E-state index < -0.39 is 0 Å². The Labute approximate surface area is 98.4 Å². The van der Waals surface area contributed by atoms with Gasteiger partial charge in [0.1, 0.15) is 0 Å². The number of hydrogen-bond donors (Lipinski definition) is 0. The van der Waals surface area contributed by atoms with Crippen molar-refractivity contribution in [3.63, 3.8) is 0 Å². The molecule has 0 unspecified atom stereocenters. The van der Waals surface area contributed by atoms with Gasteiger partial charge < -0.3 is 0 Å². The monoisotopic (exact) mass is 270 g/mol. The van der Waals surface area contributed by atoms with Crippen LogP contribution in [0.5, 0.6) is 0 Å². The highest BCUT2D eigenvalue weighted by Crippen LogP contribution is 2.11. The molecule has 74 valence electrons. The molecule has 0 bridgehead atoms. The van der Waals surface area contributed by atoms with Crippen molar-refractivity contribution >= 4 is 27.5 Å². The molecule has 0 radical (unpaired) electrons. The first-order chi connectivity index (χ1) is 6.83. The maximum Gasteiger partial charge on any atom is 0.0406 e. The predicted octanol–water partition coefficient (Wildman–Crippen LogP) is 4.74. The largest absolute Gasteiger partial charge is 0.0876 e. The lowest BCUT2D eigenvalue weighted by molar-refractivity contribution is 1.44. The van der Waals surface area contributed by atoms with Crippen LogP contribution in [0.4, 0.5) is 0 Å². The van der Waals surface area contributed by atoms with Gasteiger partial charge in [0.25, 0.3) is 0 Å². The van der Waals surface area contributed by atoms with E-state index in [1.165, 1.54) is 5.56 Å². The standard InChI is InChI=1S/C7H6BrCl.C5H6/c8-5-6-1-3-7(9)4-2-6;1-2-4-5-3-1/h1-4H,5H2;1-4H,5H2. The van der Waals surface area contributed by atoms with E-state index in [2.05, 4.69) is 40.2 Å². The van der Waals surface area contributed by atoms with E-state index in [4.69, 9.17) is 11.6 Å². The van der Waals surface area contributed by atoms with E-state index >= 15 is 0 Å². The summed E-state index contributed by atoms with van der Waals surface area (Å²) in [6.45, 7) is 0. The summed E-state index contributed by atoms with van der Waals surface area (Å²) in [6.07, 6.45) is 9.50. The van der Waals surface area contributed by atoms with Gasteiger partial charge in [0.2, 0.25) is 0 Å². The van der Waals surface area contributed by atoms with Gasteiger partial charge in [-0.3, -0.25) is 0 Å². The van der Waals surface area contributed by atoms with Crippen LogP contribution in [0.2, 0.25) is 5.02 Å². The average Bonchev–Trinajstić information content (AvgIpc) is 2.77. The quantitative estimate of drug-likeness (QED) is 0.647. The fourth-order valence-electron chi connectivity index (χ4n) is 0.966. The van der Waals surface area contributed by atoms with Crippen molar-refractivity contribution < 1.29 is 0 Å². The van der Waals surface area contributed by atoms with Gasteiger partial charge in [-0.25, -0.2) is 0 Å². The number of halogens is 2. The zero-order valence-electron chi connectivity index (χ0n) is 7.79. The van der Waals surface area contributed by atoms with Gasteiger partial charge in [-0.1, -0.05) is 64.0 Å². The fraction of sp³-hybridized carbons (Fsp3) is 0.167. The Balaban J connectivity index is 0.000000165. The molecular formula is C12H12BrCl. The Morgan fingerprint density at radius 1 is 1.07 bits per heavy atom. The molecule has 1 aliphatic carbocycles. The molecule has 0 saturated carbocycles. The Morgan fingerprint density at radius 3 is 2.00 bits per heavy atom. The zero-order valence-corrected chi connectivity index (χ0v) is 10.1. The Bertz CT molecular complexity index is 302. The van der Waals surface area contributed by atoms with Crippen molar-refractivity contribution in [2.45, 2.75) is 11.8 Å². The van der Waals surface area contributed by atoms with Gasteiger partial charge in [-0.2, -0.15) is 0 Å². The maximum atomic E-state index is 5.65. The molecule has 1 aromatic carbocycles. The number of hydrogen-bond acceptors (Lipinski definition) is 0. The summed E-state index contributed by atoms with van der Waals surface area (Å²) in [5.41, 5.74) is 1.25. The first-order valence-electron chi connectivity index (χ1n) is 4.45. The molecule has 0 saturated heterocycles. The number of benzene rings is 1. The minimum atomic E-state index is 0.791. The van der Waals surface area contributed by atoms with Crippen molar-refractivity contribution in [1.29, 1.82) is 0 Å². The van der Waals surface area contributed by atoms with E-state index in [1.807, 2.05) is 24.3 Å². The lowest BCUT2D eigenvalue weighted by Gasteiger charge is -1.92. The van der Waals surface area contributed by atoms with Crippen LogP contribution in [0.3, 0.4) is 0 Å². The van der Waals surface area contributed by atoms with Crippen molar-refractivity contribution in [2.75, 3.05) is 0 Å². The van der Waals surface area contributed by atoms with E-state index in [9.17, 15) is 0 Å². The van der Waals surface area contributed by atoms with Crippen LogP contribution >= 0.6 is 27.5 Å². The first-order valence-corrected chi connectivity index (χ1v) is 5.95. The molecule has 0 atom stereocenters. The van der Waals surface area contributed by atoms with Crippen molar-refractivity contribution in [2.24, 2.45) is 0 Å². The van der Waals surface area contributed by atoms with Crippen LogP contribution in [-0.2, 0) is 5.33 Å². The van der Waals surface area contributed by atoms with Crippen LogP contribution in [0.15, 0.2) is 48.6 Å². The van der Waals surface area contributed by atoms with Crippen LogP contribution in [0, 0.1) is 0 Å². The van der Waals surface area contributed by atoms with Crippen LogP contribution < -0.4 is 0 Å². The lowest BCUT2D eigenvalue weighted by atomic mass is 10.2. The molecule has 0 amide bonds. The zero-order chi connectivity index (χ0) is 10.2. The minimum Gasteiger partial charge on any atom is -0.0876 e. The molecule has 1 aliphatic rings. The van der Waals surface area contributed by atoms with Gasteiger partial charge in [-0.15, -0.1) is 0 Å². The fourth-order valence-corrected chi connectivity index (χ4v) is 1.47. The van der Waals surface area contributed by atoms with E-state index in [1.54, 1.807) is 0 Å². The normalized spacial score (nSPS) is 12.4. The second-order valence-electron chi connectivity index (χ2n) is 2.85. The first kappa shape index (κ1) is 11.5. The molecule has 0 nitrogen and oxygen atoms in total. The summed E-state index contributed by atoms with van der Waals surface area (Å²) < 4.78 is 0. The molecule has 2 heteroatoms. The van der Waals surface area contributed by atoms with Crippen molar-refractivity contribution in [1.82, 2.24) is 0 Å². The molecule has 14 heavy (non-hydrogen) atoms. The van der Waals surface area contributed by atoms with E-state index in [0.717, 1.165) is 16.8 Å². The molecule has 0 heterocycles. The lowest BCUT2D eigenvalue weighted by Crippen LogP contribution is -1.72. The van der Waals surface area contributed by atoms with E-state index in [-0.39, 0.29) is 0 Å². The second-order valence-corrected chi connectivity index (χ2v) is 3.85. The number of rotatable bonds is 1. The van der Waals surface area contributed by atoms with Crippen LogP contribution in [0.1, 0.15) is 12.0 Å². The van der Waals surface area contributed by atoms with Crippen molar-refractivity contribution in [3.8, 4) is 0 Å². The smallest absolute Gasteiger partial charge is 0.0406 e. The third kappa shape index (κ3) is 4.64. The Morgan fingerprint density at radius 2 is 1.64 bits per heavy atom. The van der Waals surface area contributed by atoms with Gasteiger partial charge in [-0.05, 0) is 24.1 Å². The van der Waals surface area contributed by atoms with Gasteiger partial charge in [0.15, 0.2) is 0 Å². The topological polar surface area (TPSA) is 0 Å². The molecule has 0 fully saturated rings. The van der Waals surface area contributed by atoms with Gasteiger partial charge >= 0.3 is 0 Å².